The number of ether oxygens (including phenoxy) is 1. The summed E-state index contributed by atoms with van der Waals surface area (Å²) in [7, 11) is 0.750. The van der Waals surface area contributed by atoms with Gasteiger partial charge in [0.05, 0.1) is 6.26 Å². The van der Waals surface area contributed by atoms with Gasteiger partial charge in [-0.2, -0.15) is 6.08 Å². The molecule has 0 saturated carbocycles. The number of benzene rings is 1. The Morgan fingerprint density at radius 1 is 1.14 bits per heavy atom. The van der Waals surface area contributed by atoms with Crippen LogP contribution in [0, 0.1) is 6.08 Å². The molecule has 2 rings (SSSR count). The Kier molecular flexibility index (Phi) is 18.9. The maximum absolute atomic E-state index is 5.28. The zero-order chi connectivity index (χ0) is 15.8. The van der Waals surface area contributed by atoms with Crippen molar-refractivity contribution in [3.63, 3.8) is 0 Å². The molecule has 0 bridgehead atoms. The minimum absolute atomic E-state index is 0. The van der Waals surface area contributed by atoms with Crippen LogP contribution in [0.4, 0.5) is 0 Å². The summed E-state index contributed by atoms with van der Waals surface area (Å²) in [5.41, 5.74) is 1.27. The third-order valence-electron chi connectivity index (χ3n) is 2.20. The van der Waals surface area contributed by atoms with Crippen LogP contribution in [0.3, 0.4) is 0 Å². The van der Waals surface area contributed by atoms with Crippen LogP contribution in [0.15, 0.2) is 72.5 Å². The molecule has 117 valence electrons. The van der Waals surface area contributed by atoms with Crippen LogP contribution in [0.2, 0.25) is 13.1 Å². The van der Waals surface area contributed by atoms with E-state index in [1.165, 1.54) is 5.57 Å². The summed E-state index contributed by atoms with van der Waals surface area (Å²) in [6.07, 6.45) is 15.7. The van der Waals surface area contributed by atoms with E-state index in [4.69, 9.17) is 4.74 Å². The molecule has 3 heteroatoms. The molecule has 22 heavy (non-hydrogen) atoms. The van der Waals surface area contributed by atoms with Gasteiger partial charge in [-0.05, 0) is 25.1 Å². The van der Waals surface area contributed by atoms with Crippen LogP contribution in [0.25, 0.3) is 0 Å². The first-order valence-electron chi connectivity index (χ1n) is 7.22. The average molecular weight is 346 g/mol. The fraction of sp³-hybridized carbons (Fsp3) is 0.263. The van der Waals surface area contributed by atoms with Gasteiger partial charge in [0, 0.05) is 31.2 Å². The van der Waals surface area contributed by atoms with Crippen molar-refractivity contribution in [2.75, 3.05) is 0 Å². The van der Waals surface area contributed by atoms with Crippen molar-refractivity contribution in [2.24, 2.45) is 0 Å². The molecule has 0 atom stereocenters. The molecule has 0 amide bonds. The third kappa shape index (κ3) is 15.3. The molecule has 1 aliphatic rings. The maximum atomic E-state index is 5.28. The second-order valence-electron chi connectivity index (χ2n) is 4.33. The first-order chi connectivity index (χ1) is 10.2. The second-order valence-corrected chi connectivity index (χ2v) is 5.48. The molecule has 0 saturated heterocycles. The number of rotatable bonds is 3. The summed E-state index contributed by atoms with van der Waals surface area (Å²) in [6, 6.07) is 9.68. The van der Waals surface area contributed by atoms with Gasteiger partial charge >= 0.3 is 0 Å². The molecule has 0 N–H and O–H groups in total. The molecule has 1 radical (unpaired) electrons. The van der Waals surface area contributed by atoms with Crippen LogP contribution in [0.5, 0.6) is 5.75 Å². The Hall–Kier alpha value is -1.09. The van der Waals surface area contributed by atoms with Crippen LogP contribution in [-0.2, 0) is 21.7 Å². The standard InChI is InChI=1S/C11H12O.C6H7.C2H7Si.Ti/c1-2-3-7-10-12-11-8-5-4-6-9-11;1-6-4-2-3-5-6;1-3-2;/h2-10H,1H3;2,4H,3H2,1H3;3H,1-2H3;/q;-1;;. The van der Waals surface area contributed by atoms with Gasteiger partial charge in [0.1, 0.15) is 5.75 Å². The molecule has 0 heterocycles. The molecule has 0 spiro atoms. The fourth-order valence-corrected chi connectivity index (χ4v) is 1.29. The Labute approximate surface area is 153 Å². The van der Waals surface area contributed by atoms with Crippen molar-refractivity contribution in [3.05, 3.63) is 78.6 Å². The van der Waals surface area contributed by atoms with Crippen LogP contribution >= 0.6 is 0 Å². The zero-order valence-electron chi connectivity index (χ0n) is 14.0. The number of hydrogen-bond acceptors (Lipinski definition) is 1. The first kappa shape index (κ1) is 23.2. The summed E-state index contributed by atoms with van der Waals surface area (Å²) in [6.45, 7) is 8.44. The van der Waals surface area contributed by atoms with Gasteiger partial charge in [0.2, 0.25) is 0 Å². The van der Waals surface area contributed by atoms with Crippen molar-refractivity contribution in [1.82, 2.24) is 0 Å². The van der Waals surface area contributed by atoms with Gasteiger partial charge in [-0.3, -0.25) is 6.08 Å². The number of hydrogen-bond donors (Lipinski definition) is 0. The number of para-hydroxylation sites is 1. The van der Waals surface area contributed by atoms with E-state index in [1.807, 2.05) is 55.5 Å². The normalized spacial score (nSPS) is 11.9. The van der Waals surface area contributed by atoms with E-state index in [2.05, 4.69) is 38.2 Å². The van der Waals surface area contributed by atoms with Crippen molar-refractivity contribution >= 4 is 9.52 Å². The second kappa shape index (κ2) is 18.0. The van der Waals surface area contributed by atoms with Crippen LogP contribution < -0.4 is 4.74 Å². The maximum Gasteiger partial charge on any atom is 0.126 e. The summed E-state index contributed by atoms with van der Waals surface area (Å²) < 4.78 is 5.28. The Morgan fingerprint density at radius 2 is 1.77 bits per heavy atom. The summed E-state index contributed by atoms with van der Waals surface area (Å²) in [4.78, 5) is 0. The SMILES string of the molecule is CC1=[C-]CC=C1.CC=CC=COc1ccccc1.C[SiH]C.[Ti]. The quantitative estimate of drug-likeness (QED) is 0.309. The molecule has 1 aromatic carbocycles. The molecule has 0 aromatic heterocycles. The third-order valence-corrected chi connectivity index (χ3v) is 2.20. The van der Waals surface area contributed by atoms with Crippen molar-refractivity contribution in [2.45, 2.75) is 33.4 Å². The molecular formula is C19H26OSiTi-. The minimum atomic E-state index is 0. The van der Waals surface area contributed by atoms with E-state index in [9.17, 15) is 0 Å². The molecule has 1 aliphatic carbocycles. The number of allylic oxidation sites excluding steroid dienone is 7. The van der Waals surface area contributed by atoms with Gasteiger partial charge in [-0.1, -0.05) is 50.4 Å². The summed E-state index contributed by atoms with van der Waals surface area (Å²) >= 11 is 0. The fourth-order valence-electron chi connectivity index (χ4n) is 1.29. The average Bonchev–Trinajstić information content (AvgIpc) is 2.97. The van der Waals surface area contributed by atoms with E-state index < -0.39 is 0 Å². The van der Waals surface area contributed by atoms with E-state index in [1.54, 1.807) is 6.26 Å². The molecule has 1 nitrogen and oxygen atoms in total. The van der Waals surface area contributed by atoms with Gasteiger partial charge in [0.15, 0.2) is 0 Å². The van der Waals surface area contributed by atoms with Crippen molar-refractivity contribution < 1.29 is 26.5 Å². The minimum Gasteiger partial charge on any atom is -0.465 e. The van der Waals surface area contributed by atoms with Crippen molar-refractivity contribution in [1.29, 1.82) is 0 Å². The van der Waals surface area contributed by atoms with E-state index in [-0.39, 0.29) is 21.7 Å². The van der Waals surface area contributed by atoms with Gasteiger partial charge in [0.25, 0.3) is 0 Å². The molecule has 1 aromatic rings. The van der Waals surface area contributed by atoms with Crippen LogP contribution in [-0.4, -0.2) is 9.52 Å². The molecule has 0 unspecified atom stereocenters. The molecular weight excluding hydrogens is 320 g/mol. The molecule has 0 fully saturated rings. The van der Waals surface area contributed by atoms with E-state index in [0.29, 0.717) is 0 Å². The monoisotopic (exact) mass is 346 g/mol. The van der Waals surface area contributed by atoms with Gasteiger partial charge in [-0.15, -0.1) is 6.42 Å². The van der Waals surface area contributed by atoms with Crippen molar-refractivity contribution in [3.8, 4) is 5.75 Å². The van der Waals surface area contributed by atoms with Gasteiger partial charge in [-0.25, -0.2) is 11.6 Å². The zero-order valence-corrected chi connectivity index (χ0v) is 16.8. The first-order valence-corrected chi connectivity index (χ1v) is 9.53. The predicted molar refractivity (Wildman–Crippen MR) is 96.1 cm³/mol. The van der Waals surface area contributed by atoms with Gasteiger partial charge < -0.3 is 4.74 Å². The summed E-state index contributed by atoms with van der Waals surface area (Å²) in [5.74, 6) is 0.859. The topological polar surface area (TPSA) is 9.23 Å². The Balaban J connectivity index is 0. The smallest absolute Gasteiger partial charge is 0.126 e. The predicted octanol–water partition coefficient (Wildman–Crippen LogP) is 5.37. The largest absolute Gasteiger partial charge is 0.465 e. The Morgan fingerprint density at radius 3 is 2.18 bits per heavy atom. The summed E-state index contributed by atoms with van der Waals surface area (Å²) in [5, 5.41) is 0. The van der Waals surface area contributed by atoms with E-state index >= 15 is 0 Å². The van der Waals surface area contributed by atoms with Crippen LogP contribution in [0.1, 0.15) is 20.3 Å². The van der Waals surface area contributed by atoms with E-state index in [0.717, 1.165) is 21.7 Å². The Bertz CT molecular complexity index is 459. The molecule has 0 aliphatic heterocycles.